The predicted molar refractivity (Wildman–Crippen MR) is 142 cm³/mol. The quantitative estimate of drug-likeness (QED) is 0.305. The first-order valence-corrected chi connectivity index (χ1v) is 13.2. The first-order chi connectivity index (χ1) is 16.9. The number of nitrogens with zero attached hydrogens (tertiary/aromatic N) is 1. The molecule has 1 aliphatic heterocycles. The van der Waals surface area contributed by atoms with Crippen molar-refractivity contribution in [2.24, 2.45) is 0 Å². The lowest BCUT2D eigenvalue weighted by Crippen LogP contribution is -2.54. The molecule has 6 nitrogen and oxygen atoms in total. The molecule has 190 valence electrons. The summed E-state index contributed by atoms with van der Waals surface area (Å²) in [5.41, 5.74) is 1.76. The summed E-state index contributed by atoms with van der Waals surface area (Å²) >= 11 is 0. The van der Waals surface area contributed by atoms with Gasteiger partial charge in [-0.2, -0.15) is 0 Å². The number of piperidine rings is 1. The van der Waals surface area contributed by atoms with E-state index in [-0.39, 0.29) is 17.9 Å². The molecule has 1 heterocycles. The summed E-state index contributed by atoms with van der Waals surface area (Å²) < 4.78 is 6.98. The maximum atomic E-state index is 12.9. The van der Waals surface area contributed by atoms with Crippen molar-refractivity contribution < 1.29 is 18.8 Å². The van der Waals surface area contributed by atoms with Crippen LogP contribution < -0.4 is 15.4 Å². The number of nitrogens with one attached hydrogen (secondary N) is 2. The lowest BCUT2D eigenvalue weighted by molar-refractivity contribution is -0.912. The number of amides is 2. The van der Waals surface area contributed by atoms with Crippen molar-refractivity contribution in [1.82, 2.24) is 5.32 Å². The number of hydrogen-bond donors (Lipinski definition) is 2. The van der Waals surface area contributed by atoms with E-state index in [1.165, 1.54) is 19.3 Å². The van der Waals surface area contributed by atoms with Gasteiger partial charge in [-0.15, -0.1) is 0 Å². The number of unbranched alkanes of at least 4 members (excludes halogenated alkanes) is 4. The number of rotatable bonds is 12. The Balaban J connectivity index is 1.50. The van der Waals surface area contributed by atoms with Gasteiger partial charge in [-0.05, 0) is 49.7 Å². The molecule has 3 rings (SSSR count). The van der Waals surface area contributed by atoms with Gasteiger partial charge in [-0.25, -0.2) is 0 Å². The molecule has 2 amide bonds. The second-order valence-corrected chi connectivity index (χ2v) is 9.92. The van der Waals surface area contributed by atoms with Crippen LogP contribution in [0.4, 0.5) is 5.69 Å². The summed E-state index contributed by atoms with van der Waals surface area (Å²) in [5.74, 6) is 0.322. The number of quaternary nitrogens is 1. The molecule has 1 aliphatic rings. The zero-order chi connectivity index (χ0) is 25.1. The summed E-state index contributed by atoms with van der Waals surface area (Å²) in [5, 5.41) is 6.10. The van der Waals surface area contributed by atoms with Crippen LogP contribution in [0.1, 0.15) is 79.5 Å². The van der Waals surface area contributed by atoms with Gasteiger partial charge in [0.15, 0.2) is 0 Å². The number of hydrogen-bond acceptors (Lipinski definition) is 3. The minimum Gasteiger partial charge on any atom is -0.493 e. The Hall–Kier alpha value is -2.86. The van der Waals surface area contributed by atoms with Gasteiger partial charge in [0.25, 0.3) is 11.8 Å². The molecule has 35 heavy (non-hydrogen) atoms. The molecule has 2 N–H and O–H groups in total. The van der Waals surface area contributed by atoms with E-state index in [2.05, 4.69) is 31.5 Å². The van der Waals surface area contributed by atoms with Crippen molar-refractivity contribution in [3.63, 3.8) is 0 Å². The number of carbonyl (C=O) groups is 2. The van der Waals surface area contributed by atoms with Crippen LogP contribution in [0.25, 0.3) is 0 Å². The number of benzene rings is 2. The molecule has 0 aliphatic carbocycles. The van der Waals surface area contributed by atoms with Crippen molar-refractivity contribution in [1.29, 1.82) is 0 Å². The summed E-state index contributed by atoms with van der Waals surface area (Å²) in [6.07, 6.45) is 7.81. The third kappa shape index (κ3) is 8.10. The van der Waals surface area contributed by atoms with E-state index in [1.54, 1.807) is 30.3 Å². The fourth-order valence-corrected chi connectivity index (χ4v) is 4.49. The minimum absolute atomic E-state index is 0.0573. The van der Waals surface area contributed by atoms with E-state index < -0.39 is 0 Å². The van der Waals surface area contributed by atoms with Gasteiger partial charge in [-0.1, -0.05) is 44.7 Å². The second kappa shape index (κ2) is 13.3. The Morgan fingerprint density at radius 2 is 1.60 bits per heavy atom. The lowest BCUT2D eigenvalue weighted by atomic mass is 10.0. The number of anilines is 1. The maximum Gasteiger partial charge on any atom is 0.259 e. The third-order valence-electron chi connectivity index (χ3n) is 7.18. The Labute approximate surface area is 210 Å². The average Bonchev–Trinajstić information content (AvgIpc) is 2.88. The van der Waals surface area contributed by atoms with Crippen LogP contribution in [0.5, 0.6) is 5.75 Å². The van der Waals surface area contributed by atoms with Gasteiger partial charge in [0.1, 0.15) is 5.75 Å². The first-order valence-electron chi connectivity index (χ1n) is 13.2. The minimum atomic E-state index is -0.219. The summed E-state index contributed by atoms with van der Waals surface area (Å²) in [7, 11) is 2.28. The van der Waals surface area contributed by atoms with Crippen LogP contribution in [0.15, 0.2) is 48.5 Å². The Morgan fingerprint density at radius 3 is 2.29 bits per heavy atom. The van der Waals surface area contributed by atoms with Gasteiger partial charge in [0.05, 0.1) is 38.9 Å². The topological polar surface area (TPSA) is 67.4 Å². The van der Waals surface area contributed by atoms with E-state index in [0.717, 1.165) is 49.8 Å². The van der Waals surface area contributed by atoms with Crippen LogP contribution >= 0.6 is 0 Å². The lowest BCUT2D eigenvalue weighted by Gasteiger charge is -2.40. The predicted octanol–water partition coefficient (Wildman–Crippen LogP) is 5.65. The molecule has 0 bridgehead atoms. The van der Waals surface area contributed by atoms with Crippen molar-refractivity contribution >= 4 is 17.5 Å². The molecule has 0 saturated carbocycles. The van der Waals surface area contributed by atoms with Crippen LogP contribution in [0.3, 0.4) is 0 Å². The first kappa shape index (κ1) is 26.7. The number of para-hydroxylation sites is 1. The zero-order valence-electron chi connectivity index (χ0n) is 21.6. The van der Waals surface area contributed by atoms with Crippen LogP contribution in [0.2, 0.25) is 0 Å². The molecule has 0 radical (unpaired) electrons. The molecule has 1 saturated heterocycles. The zero-order valence-corrected chi connectivity index (χ0v) is 21.6. The van der Waals surface area contributed by atoms with E-state index in [1.807, 2.05) is 18.2 Å². The van der Waals surface area contributed by atoms with Crippen molar-refractivity contribution in [2.45, 2.75) is 64.8 Å². The highest BCUT2D eigenvalue weighted by Crippen LogP contribution is 2.21. The Bertz CT molecular complexity index is 950. The Kier molecular flexibility index (Phi) is 10.2. The number of likely N-dealkylation sites (tertiary alicyclic amines) is 1. The molecule has 0 aromatic heterocycles. The van der Waals surface area contributed by atoms with Gasteiger partial charge >= 0.3 is 0 Å². The fraction of sp³-hybridized carbons (Fsp3) is 0.517. The van der Waals surface area contributed by atoms with Gasteiger partial charge < -0.3 is 19.9 Å². The monoisotopic (exact) mass is 480 g/mol. The molecule has 0 spiro atoms. The van der Waals surface area contributed by atoms with E-state index in [4.69, 9.17) is 4.74 Å². The largest absolute Gasteiger partial charge is 0.493 e. The van der Waals surface area contributed by atoms with Crippen molar-refractivity contribution in [3.05, 3.63) is 59.7 Å². The SMILES string of the molecule is CCCCCCCOc1ccccc1C(=O)Nc1ccc(C(=O)NC2CC[N+](C)(CC)CC2)cc1. The van der Waals surface area contributed by atoms with Crippen molar-refractivity contribution in [2.75, 3.05) is 38.6 Å². The Morgan fingerprint density at radius 1 is 0.914 bits per heavy atom. The van der Waals surface area contributed by atoms with E-state index >= 15 is 0 Å². The molecular formula is C29H42N3O3+. The van der Waals surface area contributed by atoms with Crippen LogP contribution in [-0.4, -0.2) is 55.6 Å². The van der Waals surface area contributed by atoms with E-state index in [0.29, 0.717) is 29.2 Å². The maximum absolute atomic E-state index is 12.9. The van der Waals surface area contributed by atoms with Crippen LogP contribution in [-0.2, 0) is 0 Å². The second-order valence-electron chi connectivity index (χ2n) is 9.92. The van der Waals surface area contributed by atoms with Gasteiger partial charge in [0.2, 0.25) is 0 Å². The summed E-state index contributed by atoms with van der Waals surface area (Å²) in [4.78, 5) is 25.6. The number of ether oxygens (including phenoxy) is 1. The molecule has 6 heteroatoms. The smallest absolute Gasteiger partial charge is 0.259 e. The summed E-state index contributed by atoms with van der Waals surface area (Å²) in [6.45, 7) is 8.35. The fourth-order valence-electron chi connectivity index (χ4n) is 4.49. The summed E-state index contributed by atoms with van der Waals surface area (Å²) in [6, 6.07) is 14.6. The van der Waals surface area contributed by atoms with Gasteiger partial charge in [0, 0.05) is 30.1 Å². The van der Waals surface area contributed by atoms with Crippen molar-refractivity contribution in [3.8, 4) is 5.75 Å². The van der Waals surface area contributed by atoms with Crippen LogP contribution in [0, 0.1) is 0 Å². The number of carbonyl (C=O) groups excluding carboxylic acids is 2. The highest BCUT2D eigenvalue weighted by molar-refractivity contribution is 6.06. The molecule has 1 fully saturated rings. The molecule has 2 aromatic carbocycles. The normalized spacial score (nSPS) is 19.7. The molecule has 2 aromatic rings. The van der Waals surface area contributed by atoms with Gasteiger partial charge in [-0.3, -0.25) is 9.59 Å². The highest BCUT2D eigenvalue weighted by Gasteiger charge is 2.29. The third-order valence-corrected chi connectivity index (χ3v) is 7.18. The van der Waals surface area contributed by atoms with E-state index in [9.17, 15) is 9.59 Å². The molecular weight excluding hydrogens is 438 g/mol. The highest BCUT2D eigenvalue weighted by atomic mass is 16.5. The molecule has 0 atom stereocenters. The average molecular weight is 481 g/mol. The molecule has 0 unspecified atom stereocenters. The standard InChI is InChI=1S/C29H41N3O3/c1-4-6-7-8-11-22-35-27-13-10-9-12-26(27)29(34)31-24-16-14-23(15-17-24)28(33)30-25-18-20-32(3,5-2)21-19-25/h9-10,12-17,25H,4-8,11,18-22H2,1-3H3,(H-,30,31,33,34)/p+1.